The van der Waals surface area contributed by atoms with E-state index in [-0.39, 0.29) is 22.6 Å². The van der Waals surface area contributed by atoms with Gasteiger partial charge in [-0.1, -0.05) is 29.8 Å². The van der Waals surface area contributed by atoms with Crippen molar-refractivity contribution in [1.29, 1.82) is 5.26 Å². The largest absolute Gasteiger partial charge is 0.317 e. The topological polar surface area (TPSA) is 83.6 Å². The lowest BCUT2D eigenvalue weighted by atomic mass is 10.1. The second kappa shape index (κ2) is 7.33. The molecule has 1 N–H and O–H groups in total. The first-order valence-corrected chi connectivity index (χ1v) is 8.04. The minimum absolute atomic E-state index is 0.0476. The van der Waals surface area contributed by atoms with Crippen LogP contribution in [0.2, 0.25) is 5.02 Å². The number of benzene rings is 2. The maximum absolute atomic E-state index is 13.9. The summed E-state index contributed by atoms with van der Waals surface area (Å²) in [4.78, 5) is 16.2. The van der Waals surface area contributed by atoms with Crippen LogP contribution in [0.5, 0.6) is 0 Å². The van der Waals surface area contributed by atoms with Crippen LogP contribution in [0.3, 0.4) is 0 Å². The van der Waals surface area contributed by atoms with Crippen LogP contribution in [-0.4, -0.2) is 20.7 Å². The van der Waals surface area contributed by atoms with Crippen LogP contribution in [-0.2, 0) is 0 Å². The quantitative estimate of drug-likeness (QED) is 0.758. The zero-order chi connectivity index (χ0) is 18.7. The highest BCUT2D eigenvalue weighted by molar-refractivity contribution is 6.31. The minimum Gasteiger partial charge on any atom is -0.317 e. The highest BCUT2D eigenvalue weighted by Gasteiger charge is 2.17. The molecule has 8 heteroatoms. The number of anilines is 1. The third kappa shape index (κ3) is 3.55. The highest BCUT2D eigenvalue weighted by Crippen LogP contribution is 2.22. The van der Waals surface area contributed by atoms with Gasteiger partial charge in [0.05, 0.1) is 28.4 Å². The smallest absolute Gasteiger partial charge is 0.295 e. The molecule has 0 fully saturated rings. The highest BCUT2D eigenvalue weighted by atomic mass is 35.5. The molecule has 0 bridgehead atoms. The van der Waals surface area contributed by atoms with Crippen molar-refractivity contribution in [3.05, 3.63) is 76.6 Å². The Hall–Kier alpha value is -3.24. The van der Waals surface area contributed by atoms with Crippen molar-refractivity contribution < 1.29 is 9.18 Å². The van der Waals surface area contributed by atoms with Crippen LogP contribution in [0.25, 0.3) is 0 Å². The molecule has 3 aromatic rings. The van der Waals surface area contributed by atoms with Gasteiger partial charge in [-0.15, -0.1) is 5.10 Å². The predicted octanol–water partition coefficient (Wildman–Crippen LogP) is 3.80. The van der Waals surface area contributed by atoms with Gasteiger partial charge in [-0.25, -0.2) is 14.1 Å². The van der Waals surface area contributed by atoms with Gasteiger partial charge in [-0.2, -0.15) is 5.26 Å². The summed E-state index contributed by atoms with van der Waals surface area (Å²) in [6.07, 6.45) is 1.41. The first-order valence-electron chi connectivity index (χ1n) is 7.66. The normalized spacial score (nSPS) is 11.6. The Kier molecular flexibility index (Phi) is 4.96. The molecule has 3 rings (SSSR count). The summed E-state index contributed by atoms with van der Waals surface area (Å²) in [6, 6.07) is 13.2. The van der Waals surface area contributed by atoms with E-state index in [4.69, 9.17) is 16.9 Å². The first kappa shape index (κ1) is 17.6. The van der Waals surface area contributed by atoms with Crippen LogP contribution in [0.1, 0.15) is 34.7 Å². The van der Waals surface area contributed by atoms with Crippen LogP contribution >= 0.6 is 11.6 Å². The summed E-state index contributed by atoms with van der Waals surface area (Å²) >= 11 is 5.70. The lowest BCUT2D eigenvalue weighted by Crippen LogP contribution is -2.16. The maximum atomic E-state index is 13.9. The fraction of sp³-hybridized carbons (Fsp3) is 0.111. The van der Waals surface area contributed by atoms with Gasteiger partial charge >= 0.3 is 0 Å². The Morgan fingerprint density at radius 2 is 2.12 bits per heavy atom. The van der Waals surface area contributed by atoms with Gasteiger partial charge in [0, 0.05) is 0 Å². The summed E-state index contributed by atoms with van der Waals surface area (Å²) in [7, 11) is 0. The van der Waals surface area contributed by atoms with Gasteiger partial charge in [0.2, 0.25) is 5.82 Å². The molecule has 1 heterocycles. The second-order valence-electron chi connectivity index (χ2n) is 5.52. The third-order valence-electron chi connectivity index (χ3n) is 3.81. The fourth-order valence-electron chi connectivity index (χ4n) is 2.36. The number of carbonyl (C=O) groups excluding carboxylic acids is 1. The number of aromatic nitrogens is 3. The number of halogens is 2. The molecular weight excluding hydrogens is 357 g/mol. The van der Waals surface area contributed by atoms with E-state index in [1.54, 1.807) is 18.2 Å². The van der Waals surface area contributed by atoms with E-state index < -0.39 is 11.7 Å². The molecule has 0 aliphatic rings. The van der Waals surface area contributed by atoms with Crippen molar-refractivity contribution in [2.24, 2.45) is 0 Å². The zero-order valence-corrected chi connectivity index (χ0v) is 14.4. The molecule has 1 amide bonds. The van der Waals surface area contributed by atoms with Gasteiger partial charge in [-0.05, 0) is 36.8 Å². The average Bonchev–Trinajstić information content (AvgIpc) is 3.15. The summed E-state index contributed by atoms with van der Waals surface area (Å²) < 4.78 is 15.4. The molecule has 0 saturated carbocycles. The Labute approximate surface area is 153 Å². The predicted molar refractivity (Wildman–Crippen MR) is 94.4 cm³/mol. The summed E-state index contributed by atoms with van der Waals surface area (Å²) in [5, 5.41) is 15.4. The number of rotatable bonds is 4. The molecule has 26 heavy (non-hydrogen) atoms. The summed E-state index contributed by atoms with van der Waals surface area (Å²) in [6.45, 7) is 1.86. The van der Waals surface area contributed by atoms with Crippen LogP contribution in [0.15, 0.2) is 48.8 Å². The van der Waals surface area contributed by atoms with E-state index >= 15 is 0 Å². The van der Waals surface area contributed by atoms with E-state index in [9.17, 15) is 9.18 Å². The van der Waals surface area contributed by atoms with Crippen molar-refractivity contribution in [3.8, 4) is 6.07 Å². The second-order valence-corrected chi connectivity index (χ2v) is 5.92. The maximum Gasteiger partial charge on any atom is 0.295 e. The summed E-state index contributed by atoms with van der Waals surface area (Å²) in [5.41, 5.74) is 1.33. The molecule has 0 aliphatic heterocycles. The van der Waals surface area contributed by atoms with Crippen LogP contribution in [0, 0.1) is 17.1 Å². The number of nitriles is 1. The van der Waals surface area contributed by atoms with Gasteiger partial charge < -0.3 is 5.32 Å². The van der Waals surface area contributed by atoms with E-state index in [2.05, 4.69) is 21.5 Å². The van der Waals surface area contributed by atoms with Crippen molar-refractivity contribution in [2.75, 3.05) is 5.32 Å². The van der Waals surface area contributed by atoms with Gasteiger partial charge in [0.25, 0.3) is 5.91 Å². The number of nitrogens with one attached hydrogen (secondary N) is 1. The number of nitrogens with zero attached hydrogens (tertiary/aromatic N) is 4. The molecule has 2 aromatic carbocycles. The van der Waals surface area contributed by atoms with E-state index in [0.717, 1.165) is 5.56 Å². The minimum atomic E-state index is -0.719. The van der Waals surface area contributed by atoms with Crippen molar-refractivity contribution >= 4 is 23.2 Å². The van der Waals surface area contributed by atoms with Gasteiger partial charge in [-0.3, -0.25) is 4.79 Å². The third-order valence-corrected chi connectivity index (χ3v) is 4.10. The van der Waals surface area contributed by atoms with Crippen molar-refractivity contribution in [1.82, 2.24) is 14.8 Å². The van der Waals surface area contributed by atoms with Crippen LogP contribution < -0.4 is 5.32 Å². The fourth-order valence-corrected chi connectivity index (χ4v) is 2.54. The Bertz CT molecular complexity index is 1010. The van der Waals surface area contributed by atoms with E-state index in [1.165, 1.54) is 29.2 Å². The Balaban J connectivity index is 1.79. The van der Waals surface area contributed by atoms with Crippen molar-refractivity contribution in [3.63, 3.8) is 0 Å². The number of hydrogen-bond donors (Lipinski definition) is 1. The van der Waals surface area contributed by atoms with Crippen molar-refractivity contribution in [2.45, 2.75) is 13.0 Å². The molecule has 0 radical (unpaired) electrons. The average molecular weight is 370 g/mol. The lowest BCUT2D eigenvalue weighted by Gasteiger charge is -2.11. The molecular formula is C18H13ClFN5O. The van der Waals surface area contributed by atoms with Gasteiger partial charge in [0.1, 0.15) is 6.33 Å². The number of carbonyl (C=O) groups is 1. The molecule has 6 nitrogen and oxygen atoms in total. The molecule has 130 valence electrons. The molecule has 0 saturated heterocycles. The zero-order valence-electron chi connectivity index (χ0n) is 13.6. The van der Waals surface area contributed by atoms with Crippen LogP contribution in [0.4, 0.5) is 10.1 Å². The standard InChI is InChI=1S/C18H13ClFN5O/c1-11(13-5-2-4-12(8-13)9-21)25-10-22-17(24-25)18(26)23-15-7-3-6-14(19)16(15)20/h2-8,10-11H,1H3,(H,23,26)/t11-/m0/s1. The molecule has 0 spiro atoms. The molecule has 1 atom stereocenters. The Morgan fingerprint density at radius 3 is 2.88 bits per heavy atom. The van der Waals surface area contributed by atoms with Gasteiger partial charge in [0.15, 0.2) is 5.82 Å². The van der Waals surface area contributed by atoms with E-state index in [1.807, 2.05) is 13.0 Å². The van der Waals surface area contributed by atoms with E-state index in [0.29, 0.717) is 5.56 Å². The monoisotopic (exact) mass is 369 g/mol. The first-order chi connectivity index (χ1) is 12.5. The molecule has 0 unspecified atom stereocenters. The molecule has 0 aliphatic carbocycles. The SMILES string of the molecule is C[C@@H](c1cccc(C#N)c1)n1cnc(C(=O)Nc2cccc(Cl)c2F)n1. The summed E-state index contributed by atoms with van der Waals surface area (Å²) in [5.74, 6) is -1.47. The Morgan fingerprint density at radius 1 is 1.35 bits per heavy atom. The lowest BCUT2D eigenvalue weighted by molar-refractivity contribution is 0.101. The number of hydrogen-bond acceptors (Lipinski definition) is 4. The number of amides is 1. The molecule has 1 aromatic heterocycles.